The van der Waals surface area contributed by atoms with E-state index >= 15 is 0 Å². The van der Waals surface area contributed by atoms with Crippen molar-refractivity contribution in [1.82, 2.24) is 25.1 Å². The van der Waals surface area contributed by atoms with E-state index < -0.39 is 0 Å². The molecule has 0 saturated heterocycles. The molecule has 0 aliphatic heterocycles. The number of nitrogens with zero attached hydrogens (tertiary/aromatic N) is 5. The molecule has 2 aromatic rings. The topological polar surface area (TPSA) is 73.1 Å². The summed E-state index contributed by atoms with van der Waals surface area (Å²) in [4.78, 5) is 15.7. The largest absolute Gasteiger partial charge is 0.497 e. The number of likely N-dealkylation sites (N-methyl/N-ethyl adjacent to an activating group) is 1. The zero-order chi connectivity index (χ0) is 17.8. The predicted molar refractivity (Wildman–Crippen MR) is 94.0 cm³/mol. The van der Waals surface area contributed by atoms with Crippen molar-refractivity contribution >= 4 is 5.91 Å². The van der Waals surface area contributed by atoms with E-state index in [2.05, 4.69) is 22.3 Å². The van der Waals surface area contributed by atoms with Crippen molar-refractivity contribution in [3.8, 4) is 17.1 Å². The van der Waals surface area contributed by atoms with Gasteiger partial charge >= 0.3 is 0 Å². The monoisotopic (exact) mass is 343 g/mol. The molecule has 25 heavy (non-hydrogen) atoms. The predicted octanol–water partition coefficient (Wildman–Crippen LogP) is 2.39. The minimum Gasteiger partial charge on any atom is -0.497 e. The number of hydrogen-bond donors (Lipinski definition) is 0. The molecule has 7 heteroatoms. The van der Waals surface area contributed by atoms with E-state index in [4.69, 9.17) is 4.74 Å². The minimum absolute atomic E-state index is 0.0224. The fraction of sp³-hybridized carbons (Fsp3) is 0.556. The Morgan fingerprint density at radius 1 is 1.32 bits per heavy atom. The number of tetrazole rings is 1. The number of ether oxygens (including phenoxy) is 1. The van der Waals surface area contributed by atoms with Gasteiger partial charge in [0.25, 0.3) is 0 Å². The van der Waals surface area contributed by atoms with Crippen LogP contribution in [0.1, 0.15) is 32.6 Å². The highest BCUT2D eigenvalue weighted by atomic mass is 16.5. The van der Waals surface area contributed by atoms with Crippen molar-refractivity contribution in [1.29, 1.82) is 0 Å². The van der Waals surface area contributed by atoms with Gasteiger partial charge in [0.05, 0.1) is 7.11 Å². The van der Waals surface area contributed by atoms with Crippen molar-refractivity contribution in [3.63, 3.8) is 0 Å². The second-order valence-corrected chi connectivity index (χ2v) is 6.79. The first-order chi connectivity index (χ1) is 12.1. The normalized spacial score (nSPS) is 20.3. The van der Waals surface area contributed by atoms with Crippen molar-refractivity contribution in [3.05, 3.63) is 24.3 Å². The molecule has 3 rings (SSSR count). The van der Waals surface area contributed by atoms with Crippen LogP contribution in [0.5, 0.6) is 5.75 Å². The summed E-state index contributed by atoms with van der Waals surface area (Å²) in [7, 11) is 3.49. The molecule has 1 heterocycles. The first-order valence-electron chi connectivity index (χ1n) is 8.74. The molecule has 1 amide bonds. The molecule has 1 aliphatic carbocycles. The Bertz CT molecular complexity index is 722. The Morgan fingerprint density at radius 3 is 2.80 bits per heavy atom. The molecular weight excluding hydrogens is 318 g/mol. The summed E-state index contributed by atoms with van der Waals surface area (Å²) in [5.41, 5.74) is 0.813. The van der Waals surface area contributed by atoms with Gasteiger partial charge in [-0.05, 0) is 48.9 Å². The first kappa shape index (κ1) is 17.4. The van der Waals surface area contributed by atoms with Crippen LogP contribution in [0, 0.1) is 5.92 Å². The summed E-state index contributed by atoms with van der Waals surface area (Å²) in [5.74, 6) is 2.01. The number of rotatable bonds is 5. The van der Waals surface area contributed by atoms with E-state index in [0.717, 1.165) is 30.1 Å². The van der Waals surface area contributed by atoms with Crippen LogP contribution in [0.4, 0.5) is 0 Å². The van der Waals surface area contributed by atoms with Gasteiger partial charge in [-0.2, -0.15) is 4.80 Å². The molecule has 0 atom stereocenters. The van der Waals surface area contributed by atoms with Crippen LogP contribution < -0.4 is 4.74 Å². The SMILES string of the molecule is COc1cccc(-c2nnn(CC(=O)N(C)C3CCC(C)CC3)n2)c1. The van der Waals surface area contributed by atoms with E-state index in [-0.39, 0.29) is 12.5 Å². The molecule has 1 aromatic heterocycles. The summed E-state index contributed by atoms with van der Waals surface area (Å²) >= 11 is 0. The van der Waals surface area contributed by atoms with Gasteiger partial charge in [-0.3, -0.25) is 4.79 Å². The van der Waals surface area contributed by atoms with Gasteiger partial charge < -0.3 is 9.64 Å². The van der Waals surface area contributed by atoms with E-state index in [1.165, 1.54) is 17.6 Å². The fourth-order valence-electron chi connectivity index (χ4n) is 3.25. The first-order valence-corrected chi connectivity index (χ1v) is 8.74. The lowest BCUT2D eigenvalue weighted by atomic mass is 9.87. The van der Waals surface area contributed by atoms with Crippen LogP contribution in [-0.2, 0) is 11.3 Å². The lowest BCUT2D eigenvalue weighted by Gasteiger charge is -2.33. The van der Waals surface area contributed by atoms with Crippen molar-refractivity contribution < 1.29 is 9.53 Å². The maximum absolute atomic E-state index is 12.5. The lowest BCUT2D eigenvalue weighted by Crippen LogP contribution is -2.41. The summed E-state index contributed by atoms with van der Waals surface area (Å²) in [6.07, 6.45) is 4.51. The molecule has 0 bridgehead atoms. The minimum atomic E-state index is 0.0224. The molecule has 1 aromatic carbocycles. The van der Waals surface area contributed by atoms with Crippen molar-refractivity contribution in [2.45, 2.75) is 45.2 Å². The summed E-state index contributed by atoms with van der Waals surface area (Å²) in [6.45, 7) is 2.39. The molecule has 0 spiro atoms. The highest BCUT2D eigenvalue weighted by Crippen LogP contribution is 2.26. The van der Waals surface area contributed by atoms with Gasteiger partial charge in [-0.25, -0.2) is 0 Å². The average Bonchev–Trinajstić information content (AvgIpc) is 3.10. The Labute approximate surface area is 148 Å². The van der Waals surface area contributed by atoms with Crippen molar-refractivity contribution in [2.75, 3.05) is 14.2 Å². The van der Waals surface area contributed by atoms with Crippen LogP contribution in [0.2, 0.25) is 0 Å². The van der Waals surface area contributed by atoms with Gasteiger partial charge in [0, 0.05) is 18.7 Å². The van der Waals surface area contributed by atoms with Crippen LogP contribution in [0.3, 0.4) is 0 Å². The molecule has 1 saturated carbocycles. The van der Waals surface area contributed by atoms with Crippen LogP contribution in [0.15, 0.2) is 24.3 Å². The zero-order valence-corrected chi connectivity index (χ0v) is 15.1. The average molecular weight is 343 g/mol. The third kappa shape index (κ3) is 4.15. The van der Waals surface area contributed by atoms with Crippen LogP contribution in [-0.4, -0.2) is 51.2 Å². The van der Waals surface area contributed by atoms with Crippen molar-refractivity contribution in [2.24, 2.45) is 5.92 Å². The molecule has 0 N–H and O–H groups in total. The number of hydrogen-bond acceptors (Lipinski definition) is 5. The number of amides is 1. The molecule has 1 fully saturated rings. The van der Waals surface area contributed by atoms with Gasteiger partial charge in [0.15, 0.2) is 0 Å². The quantitative estimate of drug-likeness (QED) is 0.833. The fourth-order valence-corrected chi connectivity index (χ4v) is 3.25. The zero-order valence-electron chi connectivity index (χ0n) is 15.1. The Hall–Kier alpha value is -2.44. The number of carbonyl (C=O) groups is 1. The summed E-state index contributed by atoms with van der Waals surface area (Å²) in [5, 5.41) is 12.4. The second-order valence-electron chi connectivity index (χ2n) is 6.79. The summed E-state index contributed by atoms with van der Waals surface area (Å²) in [6, 6.07) is 7.79. The van der Waals surface area contributed by atoms with Gasteiger partial charge in [-0.15, -0.1) is 10.2 Å². The Kier molecular flexibility index (Phi) is 5.31. The van der Waals surface area contributed by atoms with E-state index in [1.807, 2.05) is 36.2 Å². The molecule has 134 valence electrons. The third-order valence-electron chi connectivity index (χ3n) is 4.98. The van der Waals surface area contributed by atoms with E-state index in [9.17, 15) is 4.79 Å². The molecular formula is C18H25N5O2. The standard InChI is InChI=1S/C18H25N5O2/c1-13-7-9-15(10-8-13)22(2)17(24)12-23-20-18(19-21-23)14-5-4-6-16(11-14)25-3/h4-6,11,13,15H,7-10,12H2,1-3H3. The molecule has 7 nitrogen and oxygen atoms in total. The van der Waals surface area contributed by atoms with E-state index in [0.29, 0.717) is 11.9 Å². The maximum atomic E-state index is 12.5. The molecule has 1 aliphatic rings. The number of benzene rings is 1. The smallest absolute Gasteiger partial charge is 0.246 e. The van der Waals surface area contributed by atoms with Crippen LogP contribution >= 0.6 is 0 Å². The highest BCUT2D eigenvalue weighted by Gasteiger charge is 2.25. The lowest BCUT2D eigenvalue weighted by molar-refractivity contribution is -0.133. The summed E-state index contributed by atoms with van der Waals surface area (Å²) < 4.78 is 5.21. The number of aromatic nitrogens is 4. The maximum Gasteiger partial charge on any atom is 0.246 e. The van der Waals surface area contributed by atoms with Gasteiger partial charge in [-0.1, -0.05) is 19.1 Å². The molecule has 0 radical (unpaired) electrons. The van der Waals surface area contributed by atoms with Crippen LogP contribution in [0.25, 0.3) is 11.4 Å². The number of carbonyl (C=O) groups excluding carboxylic acids is 1. The molecule has 0 unspecified atom stereocenters. The van der Waals surface area contributed by atoms with Gasteiger partial charge in [0.1, 0.15) is 12.3 Å². The number of methoxy groups -OCH3 is 1. The Balaban J connectivity index is 1.63. The highest BCUT2D eigenvalue weighted by molar-refractivity contribution is 5.75. The van der Waals surface area contributed by atoms with Gasteiger partial charge in [0.2, 0.25) is 11.7 Å². The third-order valence-corrected chi connectivity index (χ3v) is 4.98. The Morgan fingerprint density at radius 2 is 2.08 bits per heavy atom. The second kappa shape index (κ2) is 7.63. The van der Waals surface area contributed by atoms with E-state index in [1.54, 1.807) is 7.11 Å².